The van der Waals surface area contributed by atoms with Crippen molar-refractivity contribution < 1.29 is 0 Å². The summed E-state index contributed by atoms with van der Waals surface area (Å²) in [6.45, 7) is 15.8. The highest BCUT2D eigenvalue weighted by atomic mass is 15.3. The van der Waals surface area contributed by atoms with Crippen molar-refractivity contribution in [2.75, 3.05) is 45.8 Å². The smallest absolute Gasteiger partial charge is 0.0195 e. The molecule has 2 fully saturated rings. The third-order valence-corrected chi connectivity index (χ3v) is 4.43. The van der Waals surface area contributed by atoms with Crippen LogP contribution in [0.25, 0.3) is 0 Å². The fraction of sp³-hybridized carbons (Fsp3) is 1.00. The average Bonchev–Trinajstić information content (AvgIpc) is 2.65. The Kier molecular flexibility index (Phi) is 4.22. The molecular weight excluding hydrogens is 198 g/mol. The molecule has 1 N–H and O–H groups in total. The van der Waals surface area contributed by atoms with Crippen LogP contribution in [0.4, 0.5) is 0 Å². The highest BCUT2D eigenvalue weighted by molar-refractivity contribution is 4.84. The summed E-state index contributed by atoms with van der Waals surface area (Å²) in [4.78, 5) is 5.26. The zero-order valence-electron chi connectivity index (χ0n) is 11.1. The molecule has 0 radical (unpaired) electrons. The SMILES string of the molecule is CCN1CCN(CC2CNCC2C)CC1C. The first kappa shape index (κ1) is 12.3. The average molecular weight is 225 g/mol. The molecule has 2 saturated heterocycles. The van der Waals surface area contributed by atoms with Crippen LogP contribution >= 0.6 is 0 Å². The van der Waals surface area contributed by atoms with E-state index in [1.807, 2.05) is 0 Å². The fourth-order valence-electron chi connectivity index (χ4n) is 3.15. The van der Waals surface area contributed by atoms with Crippen molar-refractivity contribution in [2.45, 2.75) is 26.8 Å². The van der Waals surface area contributed by atoms with Crippen molar-refractivity contribution in [3.63, 3.8) is 0 Å². The predicted octanol–water partition coefficient (Wildman–Crippen LogP) is 0.868. The van der Waals surface area contributed by atoms with E-state index in [-0.39, 0.29) is 0 Å². The predicted molar refractivity (Wildman–Crippen MR) is 68.7 cm³/mol. The van der Waals surface area contributed by atoms with Crippen molar-refractivity contribution in [2.24, 2.45) is 11.8 Å². The molecule has 0 saturated carbocycles. The number of hydrogen-bond donors (Lipinski definition) is 1. The lowest BCUT2D eigenvalue weighted by Gasteiger charge is -2.40. The molecular formula is C13H27N3. The van der Waals surface area contributed by atoms with Crippen LogP contribution in [0.3, 0.4) is 0 Å². The first-order valence-electron chi connectivity index (χ1n) is 6.87. The Bertz CT molecular complexity index is 219. The van der Waals surface area contributed by atoms with Gasteiger partial charge in [-0.1, -0.05) is 13.8 Å². The molecule has 3 unspecified atom stereocenters. The van der Waals surface area contributed by atoms with Crippen molar-refractivity contribution in [3.05, 3.63) is 0 Å². The summed E-state index contributed by atoms with van der Waals surface area (Å²) in [5.74, 6) is 1.74. The largest absolute Gasteiger partial charge is 0.316 e. The second-order valence-electron chi connectivity index (χ2n) is 5.63. The van der Waals surface area contributed by atoms with Crippen LogP contribution in [0.2, 0.25) is 0 Å². The van der Waals surface area contributed by atoms with E-state index in [9.17, 15) is 0 Å². The first-order chi connectivity index (χ1) is 7.70. The van der Waals surface area contributed by atoms with Crippen molar-refractivity contribution >= 4 is 0 Å². The third-order valence-electron chi connectivity index (χ3n) is 4.43. The Hall–Kier alpha value is -0.120. The van der Waals surface area contributed by atoms with Gasteiger partial charge in [0, 0.05) is 32.2 Å². The lowest BCUT2D eigenvalue weighted by Crippen LogP contribution is -2.52. The van der Waals surface area contributed by atoms with Crippen LogP contribution in [-0.2, 0) is 0 Å². The maximum absolute atomic E-state index is 3.51. The molecule has 2 heterocycles. The van der Waals surface area contributed by atoms with Gasteiger partial charge in [0.1, 0.15) is 0 Å². The minimum Gasteiger partial charge on any atom is -0.316 e. The van der Waals surface area contributed by atoms with Crippen LogP contribution in [0.15, 0.2) is 0 Å². The summed E-state index contributed by atoms with van der Waals surface area (Å²) in [5, 5.41) is 3.51. The second kappa shape index (κ2) is 5.48. The molecule has 0 aromatic rings. The highest BCUT2D eigenvalue weighted by Crippen LogP contribution is 2.19. The Labute approximate surface area is 100 Å². The molecule has 3 nitrogen and oxygen atoms in total. The minimum absolute atomic E-state index is 0.739. The summed E-state index contributed by atoms with van der Waals surface area (Å²) >= 11 is 0. The summed E-state index contributed by atoms with van der Waals surface area (Å²) in [7, 11) is 0. The van der Waals surface area contributed by atoms with Gasteiger partial charge in [-0.3, -0.25) is 4.90 Å². The van der Waals surface area contributed by atoms with E-state index in [0.29, 0.717) is 0 Å². The maximum atomic E-state index is 3.51. The monoisotopic (exact) mass is 225 g/mol. The van der Waals surface area contributed by atoms with Crippen LogP contribution in [-0.4, -0.2) is 61.7 Å². The molecule has 0 aliphatic carbocycles. The molecule has 3 atom stereocenters. The molecule has 0 spiro atoms. The van der Waals surface area contributed by atoms with E-state index in [1.165, 1.54) is 45.8 Å². The van der Waals surface area contributed by atoms with Gasteiger partial charge in [-0.2, -0.15) is 0 Å². The van der Waals surface area contributed by atoms with Gasteiger partial charge in [0.15, 0.2) is 0 Å². The van der Waals surface area contributed by atoms with Gasteiger partial charge < -0.3 is 10.2 Å². The minimum atomic E-state index is 0.739. The van der Waals surface area contributed by atoms with Crippen LogP contribution < -0.4 is 5.32 Å². The number of piperazine rings is 1. The lowest BCUT2D eigenvalue weighted by atomic mass is 9.97. The van der Waals surface area contributed by atoms with Crippen LogP contribution in [0.1, 0.15) is 20.8 Å². The molecule has 2 rings (SSSR count). The molecule has 0 aromatic heterocycles. The Morgan fingerprint density at radius 3 is 2.56 bits per heavy atom. The second-order valence-corrected chi connectivity index (χ2v) is 5.63. The molecule has 94 valence electrons. The van der Waals surface area contributed by atoms with Gasteiger partial charge in [-0.25, -0.2) is 0 Å². The van der Waals surface area contributed by atoms with Crippen molar-refractivity contribution in [3.8, 4) is 0 Å². The van der Waals surface area contributed by atoms with Gasteiger partial charge in [0.2, 0.25) is 0 Å². The Morgan fingerprint density at radius 2 is 2.00 bits per heavy atom. The number of nitrogens with one attached hydrogen (secondary N) is 1. The van der Waals surface area contributed by atoms with Gasteiger partial charge in [-0.15, -0.1) is 0 Å². The summed E-state index contributed by atoms with van der Waals surface area (Å²) in [6.07, 6.45) is 0. The van der Waals surface area contributed by atoms with Crippen LogP contribution in [0, 0.1) is 11.8 Å². The Morgan fingerprint density at radius 1 is 1.19 bits per heavy atom. The number of likely N-dealkylation sites (N-methyl/N-ethyl adjacent to an activating group) is 1. The van der Waals surface area contributed by atoms with E-state index in [4.69, 9.17) is 0 Å². The number of hydrogen-bond acceptors (Lipinski definition) is 3. The summed E-state index contributed by atoms with van der Waals surface area (Å²) in [5.41, 5.74) is 0. The van der Waals surface area contributed by atoms with E-state index in [2.05, 4.69) is 35.9 Å². The highest BCUT2D eigenvalue weighted by Gasteiger charge is 2.28. The fourth-order valence-corrected chi connectivity index (χ4v) is 3.15. The number of nitrogens with zero attached hydrogens (tertiary/aromatic N) is 2. The first-order valence-corrected chi connectivity index (χ1v) is 6.87. The van der Waals surface area contributed by atoms with Gasteiger partial charge >= 0.3 is 0 Å². The molecule has 16 heavy (non-hydrogen) atoms. The van der Waals surface area contributed by atoms with E-state index in [0.717, 1.165) is 17.9 Å². The molecule has 0 amide bonds. The molecule has 0 aromatic carbocycles. The summed E-state index contributed by atoms with van der Waals surface area (Å²) in [6, 6.07) is 0.739. The van der Waals surface area contributed by atoms with Crippen LogP contribution in [0.5, 0.6) is 0 Å². The van der Waals surface area contributed by atoms with Gasteiger partial charge in [-0.05, 0) is 38.4 Å². The van der Waals surface area contributed by atoms with Gasteiger partial charge in [0.25, 0.3) is 0 Å². The van der Waals surface area contributed by atoms with Crippen molar-refractivity contribution in [1.82, 2.24) is 15.1 Å². The number of rotatable bonds is 3. The quantitative estimate of drug-likeness (QED) is 0.769. The topological polar surface area (TPSA) is 18.5 Å². The van der Waals surface area contributed by atoms with Crippen molar-refractivity contribution in [1.29, 1.82) is 0 Å². The summed E-state index contributed by atoms with van der Waals surface area (Å²) < 4.78 is 0. The van der Waals surface area contributed by atoms with E-state index >= 15 is 0 Å². The zero-order chi connectivity index (χ0) is 11.5. The van der Waals surface area contributed by atoms with E-state index < -0.39 is 0 Å². The molecule has 2 aliphatic heterocycles. The standard InChI is InChI=1S/C13H27N3/c1-4-16-6-5-15(9-12(16)3)10-13-8-14-7-11(13)2/h11-14H,4-10H2,1-3H3. The third kappa shape index (κ3) is 2.76. The maximum Gasteiger partial charge on any atom is 0.0195 e. The normalized spacial score (nSPS) is 38.1. The molecule has 2 aliphatic rings. The zero-order valence-corrected chi connectivity index (χ0v) is 11.1. The Balaban J connectivity index is 1.79. The lowest BCUT2D eigenvalue weighted by molar-refractivity contribution is 0.0750. The molecule has 0 bridgehead atoms. The van der Waals surface area contributed by atoms with E-state index in [1.54, 1.807) is 0 Å². The molecule has 3 heteroatoms. The van der Waals surface area contributed by atoms with Gasteiger partial charge in [0.05, 0.1) is 0 Å².